The molecular formula is C10H19NO3. The molecule has 1 fully saturated rings. The van der Waals surface area contributed by atoms with Crippen LogP contribution < -0.4 is 5.73 Å². The third-order valence-electron chi connectivity index (χ3n) is 2.80. The molecule has 0 heterocycles. The first kappa shape index (κ1) is 11.5. The van der Waals surface area contributed by atoms with Gasteiger partial charge in [0.25, 0.3) is 0 Å². The number of aliphatic hydroxyl groups excluding tert-OH is 1. The highest BCUT2D eigenvalue weighted by molar-refractivity contribution is 5.74. The minimum absolute atomic E-state index is 0.0301. The summed E-state index contributed by atoms with van der Waals surface area (Å²) in [4.78, 5) is 11.2. The minimum Gasteiger partial charge on any atom is -0.460 e. The van der Waals surface area contributed by atoms with Crippen molar-refractivity contribution in [3.8, 4) is 0 Å². The van der Waals surface area contributed by atoms with Gasteiger partial charge in [-0.05, 0) is 25.2 Å². The fraction of sp³-hybridized carbons (Fsp3) is 0.900. The first-order valence-corrected chi connectivity index (χ1v) is 5.23. The molecule has 0 aromatic carbocycles. The molecule has 1 saturated carbocycles. The molecule has 14 heavy (non-hydrogen) atoms. The first-order chi connectivity index (χ1) is 6.65. The molecule has 3 N–H and O–H groups in total. The van der Waals surface area contributed by atoms with E-state index in [9.17, 15) is 4.79 Å². The molecule has 0 amide bonds. The summed E-state index contributed by atoms with van der Waals surface area (Å²) >= 11 is 0. The van der Waals surface area contributed by atoms with E-state index in [-0.39, 0.29) is 12.6 Å². The van der Waals surface area contributed by atoms with Crippen LogP contribution in [0, 0.1) is 5.92 Å². The zero-order valence-corrected chi connectivity index (χ0v) is 8.61. The Balaban J connectivity index is 2.38. The fourth-order valence-corrected chi connectivity index (χ4v) is 1.78. The summed E-state index contributed by atoms with van der Waals surface area (Å²) in [7, 11) is 0. The summed E-state index contributed by atoms with van der Waals surface area (Å²) in [5.74, 6) is -0.177. The van der Waals surface area contributed by atoms with Gasteiger partial charge in [-0.1, -0.05) is 13.3 Å². The molecule has 3 unspecified atom stereocenters. The molecule has 1 aliphatic carbocycles. The largest absolute Gasteiger partial charge is 0.460 e. The number of aliphatic hydroxyl groups is 1. The van der Waals surface area contributed by atoms with Crippen LogP contribution in [0.5, 0.6) is 0 Å². The molecule has 82 valence electrons. The molecule has 0 aliphatic heterocycles. The number of carbonyl (C=O) groups is 1. The number of carbonyl (C=O) groups excluding carboxylic acids is 1. The Morgan fingerprint density at radius 1 is 1.57 bits per heavy atom. The minimum atomic E-state index is -1.16. The number of nitrogens with two attached hydrogens (primary N) is 1. The summed E-state index contributed by atoms with van der Waals surface area (Å²) in [5.41, 5.74) is 5.16. The summed E-state index contributed by atoms with van der Waals surface area (Å²) in [6, 6.07) is 0. The SMILES string of the molecule is CC1CCCCC1OC(=O)C(O)CN. The predicted octanol–water partition coefficient (Wildman–Crippen LogP) is 0.428. The summed E-state index contributed by atoms with van der Waals surface area (Å²) in [6.07, 6.45) is 3.11. The standard InChI is InChI=1S/C10H19NO3/c1-7-4-2-3-5-9(7)14-10(13)8(12)6-11/h7-9,12H,2-6,11H2,1H3. The lowest BCUT2D eigenvalue weighted by Gasteiger charge is -2.28. The van der Waals surface area contributed by atoms with E-state index >= 15 is 0 Å². The zero-order valence-electron chi connectivity index (χ0n) is 8.61. The molecular weight excluding hydrogens is 182 g/mol. The van der Waals surface area contributed by atoms with Crippen LogP contribution in [-0.4, -0.2) is 29.8 Å². The molecule has 0 aromatic heterocycles. The highest BCUT2D eigenvalue weighted by Crippen LogP contribution is 2.26. The molecule has 0 aromatic rings. The smallest absolute Gasteiger partial charge is 0.336 e. The number of esters is 1. The van der Waals surface area contributed by atoms with E-state index in [4.69, 9.17) is 15.6 Å². The fourth-order valence-electron chi connectivity index (χ4n) is 1.78. The summed E-state index contributed by atoms with van der Waals surface area (Å²) < 4.78 is 5.19. The molecule has 0 radical (unpaired) electrons. The van der Waals surface area contributed by atoms with Gasteiger partial charge in [-0.15, -0.1) is 0 Å². The highest BCUT2D eigenvalue weighted by atomic mass is 16.6. The third kappa shape index (κ3) is 2.96. The van der Waals surface area contributed by atoms with Crippen molar-refractivity contribution in [2.24, 2.45) is 11.7 Å². The Bertz CT molecular complexity index is 196. The van der Waals surface area contributed by atoms with Crippen LogP contribution in [0.2, 0.25) is 0 Å². The van der Waals surface area contributed by atoms with Gasteiger partial charge in [0.05, 0.1) is 0 Å². The molecule has 1 aliphatic rings. The Labute approximate surface area is 84.4 Å². The van der Waals surface area contributed by atoms with Gasteiger partial charge in [0.15, 0.2) is 6.10 Å². The van der Waals surface area contributed by atoms with Gasteiger partial charge < -0.3 is 15.6 Å². The lowest BCUT2D eigenvalue weighted by Crippen LogP contribution is -2.36. The molecule has 0 saturated heterocycles. The van der Waals surface area contributed by atoms with Crippen LogP contribution in [0.1, 0.15) is 32.6 Å². The van der Waals surface area contributed by atoms with E-state index in [0.29, 0.717) is 5.92 Å². The van der Waals surface area contributed by atoms with Crippen molar-refractivity contribution in [3.05, 3.63) is 0 Å². The van der Waals surface area contributed by atoms with Gasteiger partial charge in [0.2, 0.25) is 0 Å². The zero-order chi connectivity index (χ0) is 10.6. The molecule has 4 heteroatoms. The van der Waals surface area contributed by atoms with Gasteiger partial charge >= 0.3 is 5.97 Å². The van der Waals surface area contributed by atoms with Crippen molar-refractivity contribution in [1.82, 2.24) is 0 Å². The maximum Gasteiger partial charge on any atom is 0.336 e. The number of rotatable bonds is 3. The topological polar surface area (TPSA) is 72.5 Å². The summed E-state index contributed by atoms with van der Waals surface area (Å²) in [5, 5.41) is 9.14. The number of ether oxygens (including phenoxy) is 1. The third-order valence-corrected chi connectivity index (χ3v) is 2.80. The van der Waals surface area contributed by atoms with Gasteiger partial charge in [0.1, 0.15) is 6.10 Å². The Kier molecular flexibility index (Phi) is 4.35. The molecule has 0 bridgehead atoms. The van der Waals surface area contributed by atoms with Gasteiger partial charge in [-0.25, -0.2) is 4.79 Å². The molecule has 1 rings (SSSR count). The van der Waals surface area contributed by atoms with Gasteiger partial charge in [-0.3, -0.25) is 0 Å². The van der Waals surface area contributed by atoms with Gasteiger partial charge in [-0.2, -0.15) is 0 Å². The average Bonchev–Trinajstić information content (AvgIpc) is 2.20. The second-order valence-corrected chi connectivity index (χ2v) is 3.99. The van der Waals surface area contributed by atoms with Crippen molar-refractivity contribution in [2.75, 3.05) is 6.54 Å². The van der Waals surface area contributed by atoms with Crippen molar-refractivity contribution < 1.29 is 14.6 Å². The second-order valence-electron chi connectivity index (χ2n) is 3.99. The maximum absolute atomic E-state index is 11.2. The van der Waals surface area contributed by atoms with E-state index in [2.05, 4.69) is 6.92 Å². The Hall–Kier alpha value is -0.610. The van der Waals surface area contributed by atoms with E-state index < -0.39 is 12.1 Å². The van der Waals surface area contributed by atoms with E-state index in [1.807, 2.05) is 0 Å². The maximum atomic E-state index is 11.2. The van der Waals surface area contributed by atoms with Crippen LogP contribution >= 0.6 is 0 Å². The average molecular weight is 201 g/mol. The molecule has 0 spiro atoms. The van der Waals surface area contributed by atoms with E-state index in [0.717, 1.165) is 19.3 Å². The van der Waals surface area contributed by atoms with Crippen LogP contribution in [0.4, 0.5) is 0 Å². The number of hydrogen-bond donors (Lipinski definition) is 2. The molecule has 4 nitrogen and oxygen atoms in total. The quantitative estimate of drug-likeness (QED) is 0.649. The first-order valence-electron chi connectivity index (χ1n) is 5.23. The predicted molar refractivity (Wildman–Crippen MR) is 52.6 cm³/mol. The normalized spacial score (nSPS) is 29.6. The Morgan fingerprint density at radius 3 is 2.79 bits per heavy atom. The van der Waals surface area contributed by atoms with Crippen LogP contribution in [0.3, 0.4) is 0 Å². The lowest BCUT2D eigenvalue weighted by molar-refractivity contribution is -0.162. The lowest BCUT2D eigenvalue weighted by atomic mass is 9.88. The summed E-state index contributed by atoms with van der Waals surface area (Å²) in [6.45, 7) is 2.01. The van der Waals surface area contributed by atoms with Crippen molar-refractivity contribution >= 4 is 5.97 Å². The van der Waals surface area contributed by atoms with Crippen LogP contribution in [-0.2, 0) is 9.53 Å². The van der Waals surface area contributed by atoms with Crippen LogP contribution in [0.15, 0.2) is 0 Å². The van der Waals surface area contributed by atoms with E-state index in [1.165, 1.54) is 6.42 Å². The van der Waals surface area contributed by atoms with Crippen molar-refractivity contribution in [1.29, 1.82) is 0 Å². The van der Waals surface area contributed by atoms with Crippen LogP contribution in [0.25, 0.3) is 0 Å². The second kappa shape index (κ2) is 5.32. The van der Waals surface area contributed by atoms with E-state index in [1.54, 1.807) is 0 Å². The van der Waals surface area contributed by atoms with Crippen molar-refractivity contribution in [3.63, 3.8) is 0 Å². The van der Waals surface area contributed by atoms with Crippen molar-refractivity contribution in [2.45, 2.75) is 44.8 Å². The highest BCUT2D eigenvalue weighted by Gasteiger charge is 2.26. The van der Waals surface area contributed by atoms with Gasteiger partial charge in [0, 0.05) is 6.54 Å². The number of hydrogen-bond acceptors (Lipinski definition) is 4. The molecule has 3 atom stereocenters. The Morgan fingerprint density at radius 2 is 2.21 bits per heavy atom. The monoisotopic (exact) mass is 201 g/mol.